The molecule has 4 amide bonds. The summed E-state index contributed by atoms with van der Waals surface area (Å²) in [6.45, 7) is 11.5. The fourth-order valence-corrected chi connectivity index (χ4v) is 6.89. The fourth-order valence-electron chi connectivity index (χ4n) is 6.89. The predicted molar refractivity (Wildman–Crippen MR) is 176 cm³/mol. The first-order valence-electron chi connectivity index (χ1n) is 17.0. The molecular formula is C35H55N5O6. The maximum atomic E-state index is 13.4. The van der Waals surface area contributed by atoms with Crippen molar-refractivity contribution in [2.45, 2.75) is 77.8 Å². The van der Waals surface area contributed by atoms with Gasteiger partial charge in [-0.1, -0.05) is 51.1 Å². The maximum Gasteiger partial charge on any atom is 0.246 e. The van der Waals surface area contributed by atoms with Crippen LogP contribution in [0.2, 0.25) is 0 Å². The number of benzene rings is 1. The second-order valence-electron chi connectivity index (χ2n) is 14.5. The van der Waals surface area contributed by atoms with Crippen molar-refractivity contribution < 1.29 is 28.7 Å². The monoisotopic (exact) mass is 641 g/mol. The van der Waals surface area contributed by atoms with Gasteiger partial charge in [0.25, 0.3) is 0 Å². The summed E-state index contributed by atoms with van der Waals surface area (Å²) in [5, 5.41) is 9.22. The summed E-state index contributed by atoms with van der Waals surface area (Å²) >= 11 is 0. The van der Waals surface area contributed by atoms with E-state index in [1.807, 2.05) is 31.7 Å². The molecule has 256 valence electrons. The first kappa shape index (κ1) is 35.8. The highest BCUT2D eigenvalue weighted by Gasteiger charge is 2.39. The summed E-state index contributed by atoms with van der Waals surface area (Å²) in [6.07, 6.45) is 3.74. The minimum absolute atomic E-state index is 0.0238. The van der Waals surface area contributed by atoms with E-state index in [9.17, 15) is 19.2 Å². The van der Waals surface area contributed by atoms with Crippen LogP contribution in [0.4, 0.5) is 0 Å². The lowest BCUT2D eigenvalue weighted by atomic mass is 9.80. The van der Waals surface area contributed by atoms with Crippen LogP contribution < -0.4 is 16.0 Å². The number of carbonyl (C=O) groups is 4. The standard InChI is InChI=1S/C35H55N5O6/c1-34(2,3)23-33(44)40-16-11-35(12-17-40)22-31(42)36-13-9-29-25-39(24-27-7-5-4-6-8-27)15-10-28(29)21-30(41)37-14-18-45-19-20-46-26-32(43)38-35/h4-8,28-29H,9-26H2,1-3H3,(H,36,42)(H,37,41)(H,38,43)/t28-,29-/m0/s1. The van der Waals surface area contributed by atoms with Crippen molar-refractivity contribution in [1.82, 2.24) is 25.8 Å². The van der Waals surface area contributed by atoms with E-state index in [4.69, 9.17) is 9.47 Å². The first-order valence-corrected chi connectivity index (χ1v) is 17.0. The Balaban J connectivity index is 1.41. The van der Waals surface area contributed by atoms with Gasteiger partial charge < -0.3 is 30.3 Å². The van der Waals surface area contributed by atoms with Crippen LogP contribution >= 0.6 is 0 Å². The Morgan fingerprint density at radius 1 is 0.870 bits per heavy atom. The lowest BCUT2D eigenvalue weighted by Gasteiger charge is -2.42. The van der Waals surface area contributed by atoms with E-state index in [2.05, 4.69) is 45.1 Å². The molecule has 1 aromatic rings. The number of hydrogen-bond acceptors (Lipinski definition) is 7. The number of hydrogen-bond donors (Lipinski definition) is 3. The lowest BCUT2D eigenvalue weighted by Crippen LogP contribution is -2.58. The number of nitrogens with zero attached hydrogens (tertiary/aromatic N) is 2. The first-order chi connectivity index (χ1) is 22.0. The third-order valence-corrected chi connectivity index (χ3v) is 9.34. The highest BCUT2D eigenvalue weighted by molar-refractivity contribution is 5.82. The second-order valence-corrected chi connectivity index (χ2v) is 14.5. The Morgan fingerprint density at radius 2 is 1.59 bits per heavy atom. The SMILES string of the molecule is CC(C)(C)CC(=O)N1CCC2(CC1)CC(=O)NCC[C@H]1CN(Cc3ccccc3)CC[C@H]1CC(=O)NCCOCCOCC(=O)N2. The topological polar surface area (TPSA) is 129 Å². The van der Waals surface area contributed by atoms with Gasteiger partial charge >= 0.3 is 0 Å². The zero-order chi connectivity index (χ0) is 33.0. The number of nitrogens with one attached hydrogen (secondary N) is 3. The molecule has 0 bridgehead atoms. The van der Waals surface area contributed by atoms with Gasteiger partial charge in [-0.2, -0.15) is 0 Å². The molecule has 3 aliphatic heterocycles. The van der Waals surface area contributed by atoms with Crippen molar-refractivity contribution in [1.29, 1.82) is 0 Å². The maximum absolute atomic E-state index is 13.4. The molecule has 3 aliphatic rings. The van der Waals surface area contributed by atoms with Crippen LogP contribution in [0.3, 0.4) is 0 Å². The highest BCUT2D eigenvalue weighted by Crippen LogP contribution is 2.31. The molecule has 0 unspecified atom stereocenters. The van der Waals surface area contributed by atoms with Crippen molar-refractivity contribution in [3.8, 4) is 0 Å². The molecular weight excluding hydrogens is 586 g/mol. The van der Waals surface area contributed by atoms with Crippen LogP contribution in [0, 0.1) is 17.3 Å². The van der Waals surface area contributed by atoms with Gasteiger partial charge in [0.15, 0.2) is 0 Å². The molecule has 46 heavy (non-hydrogen) atoms. The Bertz CT molecular complexity index is 1150. The van der Waals surface area contributed by atoms with Crippen molar-refractivity contribution in [2.75, 3.05) is 65.7 Å². The van der Waals surface area contributed by atoms with Crippen molar-refractivity contribution >= 4 is 23.6 Å². The number of likely N-dealkylation sites (tertiary alicyclic amines) is 2. The van der Waals surface area contributed by atoms with Crippen molar-refractivity contribution in [2.24, 2.45) is 17.3 Å². The summed E-state index contributed by atoms with van der Waals surface area (Å²) in [7, 11) is 0. The number of amides is 4. The molecule has 3 heterocycles. The highest BCUT2D eigenvalue weighted by atomic mass is 16.5. The summed E-state index contributed by atoms with van der Waals surface area (Å²) < 4.78 is 11.1. The van der Waals surface area contributed by atoms with Crippen LogP contribution in [-0.2, 0) is 35.2 Å². The van der Waals surface area contributed by atoms with Gasteiger partial charge in [-0.3, -0.25) is 24.1 Å². The Hall–Kier alpha value is -3.02. The normalized spacial score (nSPS) is 25.1. The molecule has 2 atom stereocenters. The molecule has 1 aromatic carbocycles. The third kappa shape index (κ3) is 12.0. The van der Waals surface area contributed by atoms with Crippen LogP contribution in [-0.4, -0.2) is 105 Å². The zero-order valence-corrected chi connectivity index (χ0v) is 28.1. The van der Waals surface area contributed by atoms with E-state index in [0.29, 0.717) is 65.1 Å². The number of rotatable bonds is 3. The minimum atomic E-state index is -0.752. The van der Waals surface area contributed by atoms with Gasteiger partial charge in [-0.25, -0.2) is 0 Å². The van der Waals surface area contributed by atoms with E-state index in [1.54, 1.807) is 0 Å². The van der Waals surface area contributed by atoms with Crippen molar-refractivity contribution in [3.63, 3.8) is 0 Å². The van der Waals surface area contributed by atoms with Crippen molar-refractivity contribution in [3.05, 3.63) is 35.9 Å². The smallest absolute Gasteiger partial charge is 0.246 e. The number of ether oxygens (including phenoxy) is 2. The molecule has 1 spiro atoms. The van der Waals surface area contributed by atoms with E-state index >= 15 is 0 Å². The van der Waals surface area contributed by atoms with Crippen LogP contribution in [0.25, 0.3) is 0 Å². The molecule has 11 nitrogen and oxygen atoms in total. The molecule has 0 radical (unpaired) electrons. The third-order valence-electron chi connectivity index (χ3n) is 9.34. The van der Waals surface area contributed by atoms with Gasteiger partial charge in [0, 0.05) is 58.5 Å². The van der Waals surface area contributed by atoms with Crippen LogP contribution in [0.1, 0.15) is 71.3 Å². The van der Waals surface area contributed by atoms with Gasteiger partial charge in [0.05, 0.1) is 25.4 Å². The summed E-state index contributed by atoms with van der Waals surface area (Å²) in [4.78, 5) is 56.4. The Morgan fingerprint density at radius 3 is 2.33 bits per heavy atom. The largest absolute Gasteiger partial charge is 0.377 e. The quantitative estimate of drug-likeness (QED) is 0.463. The fraction of sp³-hybridized carbons (Fsp3) is 0.714. The molecule has 4 rings (SSSR count). The lowest BCUT2D eigenvalue weighted by molar-refractivity contribution is -0.136. The number of carbonyl (C=O) groups excluding carboxylic acids is 4. The average molecular weight is 642 g/mol. The van der Waals surface area contributed by atoms with E-state index < -0.39 is 5.54 Å². The summed E-state index contributed by atoms with van der Waals surface area (Å²) in [6, 6.07) is 10.4. The molecule has 0 saturated carbocycles. The molecule has 0 aliphatic carbocycles. The number of piperidine rings is 2. The molecule has 11 heteroatoms. The van der Waals surface area contributed by atoms with Gasteiger partial charge in [-0.05, 0) is 55.0 Å². The molecule has 3 N–H and O–H groups in total. The minimum Gasteiger partial charge on any atom is -0.377 e. The van der Waals surface area contributed by atoms with E-state index in [-0.39, 0.29) is 60.5 Å². The van der Waals surface area contributed by atoms with Gasteiger partial charge in [0.2, 0.25) is 23.6 Å². The van der Waals surface area contributed by atoms with E-state index in [0.717, 1.165) is 32.5 Å². The predicted octanol–water partition coefficient (Wildman–Crippen LogP) is 2.49. The van der Waals surface area contributed by atoms with Gasteiger partial charge in [-0.15, -0.1) is 0 Å². The Labute approximate surface area is 274 Å². The molecule has 3 fully saturated rings. The second kappa shape index (κ2) is 17.2. The summed E-state index contributed by atoms with van der Waals surface area (Å²) in [5.74, 6) is 0.205. The van der Waals surface area contributed by atoms with E-state index in [1.165, 1.54) is 5.56 Å². The zero-order valence-electron chi connectivity index (χ0n) is 28.1. The number of fused-ring (bicyclic) bond motifs is 1. The van der Waals surface area contributed by atoms with Crippen LogP contribution in [0.15, 0.2) is 30.3 Å². The summed E-state index contributed by atoms with van der Waals surface area (Å²) in [5.41, 5.74) is 0.403. The molecule has 0 aromatic heterocycles. The Kier molecular flexibility index (Phi) is 13.4. The average Bonchev–Trinajstić information content (AvgIpc) is 2.99. The van der Waals surface area contributed by atoms with Crippen LogP contribution in [0.5, 0.6) is 0 Å². The molecule has 3 saturated heterocycles. The van der Waals surface area contributed by atoms with Gasteiger partial charge in [0.1, 0.15) is 6.61 Å².